The predicted molar refractivity (Wildman–Crippen MR) is 41.7 cm³/mol. The minimum absolute atomic E-state index is 0.314. The Morgan fingerprint density at radius 2 is 1.83 bits per heavy atom. The number of carbonyl (C=O) groups is 2. The summed E-state index contributed by atoms with van der Waals surface area (Å²) < 4.78 is 0.587. The standard InChI is InChI=1S/C6H3BrN2O3/c7-3-1-8-5(9-2-3)4(10)6(11)12/h1-2H,(H,11,12). The lowest BCUT2D eigenvalue weighted by molar-refractivity contribution is -0.131. The third kappa shape index (κ3) is 1.85. The highest BCUT2D eigenvalue weighted by Gasteiger charge is 2.16. The summed E-state index contributed by atoms with van der Waals surface area (Å²) >= 11 is 3.05. The van der Waals surface area contributed by atoms with E-state index in [4.69, 9.17) is 5.11 Å². The van der Waals surface area contributed by atoms with Gasteiger partial charge in [0.2, 0.25) is 5.82 Å². The molecule has 0 unspecified atom stereocenters. The van der Waals surface area contributed by atoms with Crippen molar-refractivity contribution in [3.63, 3.8) is 0 Å². The van der Waals surface area contributed by atoms with Crippen LogP contribution in [0, 0.1) is 0 Å². The zero-order valence-electron chi connectivity index (χ0n) is 5.69. The van der Waals surface area contributed by atoms with Crippen molar-refractivity contribution in [1.29, 1.82) is 0 Å². The molecule has 62 valence electrons. The van der Waals surface area contributed by atoms with Crippen LogP contribution in [-0.2, 0) is 4.79 Å². The third-order valence-electron chi connectivity index (χ3n) is 1.02. The molecule has 0 aliphatic rings. The summed E-state index contributed by atoms with van der Waals surface area (Å²) in [5, 5.41) is 8.26. The fourth-order valence-electron chi connectivity index (χ4n) is 0.525. The lowest BCUT2D eigenvalue weighted by Gasteiger charge is -1.92. The van der Waals surface area contributed by atoms with Crippen LogP contribution in [0.3, 0.4) is 0 Å². The van der Waals surface area contributed by atoms with Gasteiger partial charge in [-0.05, 0) is 15.9 Å². The molecule has 0 aromatic carbocycles. The van der Waals surface area contributed by atoms with E-state index in [1.165, 1.54) is 12.4 Å². The van der Waals surface area contributed by atoms with Gasteiger partial charge in [0.1, 0.15) is 0 Å². The van der Waals surface area contributed by atoms with E-state index in [2.05, 4.69) is 25.9 Å². The molecule has 0 atom stereocenters. The molecule has 1 N–H and O–H groups in total. The van der Waals surface area contributed by atoms with E-state index in [0.717, 1.165) is 0 Å². The number of carboxylic acids is 1. The van der Waals surface area contributed by atoms with Crippen LogP contribution in [0.1, 0.15) is 10.6 Å². The number of carboxylic acid groups (broad SMARTS) is 1. The van der Waals surface area contributed by atoms with Crippen LogP contribution in [0.2, 0.25) is 0 Å². The molecule has 0 aliphatic carbocycles. The Kier molecular flexibility index (Phi) is 2.49. The molecule has 0 saturated heterocycles. The van der Waals surface area contributed by atoms with Crippen molar-refractivity contribution in [2.24, 2.45) is 0 Å². The number of hydrogen-bond donors (Lipinski definition) is 1. The van der Waals surface area contributed by atoms with E-state index < -0.39 is 11.8 Å². The minimum Gasteiger partial charge on any atom is -0.475 e. The number of aliphatic carboxylic acids is 1. The lowest BCUT2D eigenvalue weighted by Crippen LogP contribution is -2.15. The van der Waals surface area contributed by atoms with Crippen LogP contribution >= 0.6 is 15.9 Å². The zero-order chi connectivity index (χ0) is 9.14. The first-order valence-corrected chi connectivity index (χ1v) is 3.65. The first-order chi connectivity index (χ1) is 5.61. The Morgan fingerprint density at radius 1 is 1.33 bits per heavy atom. The second kappa shape index (κ2) is 3.40. The number of Topliss-reactive ketones (excluding diaryl/α,β-unsaturated/α-hetero) is 1. The summed E-state index contributed by atoms with van der Waals surface area (Å²) in [6, 6.07) is 0. The highest BCUT2D eigenvalue weighted by molar-refractivity contribution is 9.10. The van der Waals surface area contributed by atoms with E-state index in [1.807, 2.05) is 0 Å². The smallest absolute Gasteiger partial charge is 0.380 e. The second-order valence-electron chi connectivity index (χ2n) is 1.86. The van der Waals surface area contributed by atoms with Crippen LogP contribution in [0.25, 0.3) is 0 Å². The Labute approximate surface area is 75.6 Å². The van der Waals surface area contributed by atoms with E-state index >= 15 is 0 Å². The van der Waals surface area contributed by atoms with Gasteiger partial charge in [-0.25, -0.2) is 14.8 Å². The number of rotatable bonds is 2. The average molecular weight is 231 g/mol. The van der Waals surface area contributed by atoms with Crippen molar-refractivity contribution >= 4 is 27.7 Å². The fourth-order valence-corrected chi connectivity index (χ4v) is 0.730. The Hall–Kier alpha value is -1.30. The molecular formula is C6H3BrN2O3. The van der Waals surface area contributed by atoms with Gasteiger partial charge in [-0.2, -0.15) is 0 Å². The normalized spacial score (nSPS) is 9.42. The summed E-state index contributed by atoms with van der Waals surface area (Å²) in [7, 11) is 0. The monoisotopic (exact) mass is 230 g/mol. The summed E-state index contributed by atoms with van der Waals surface area (Å²) in [6.45, 7) is 0. The summed E-state index contributed by atoms with van der Waals surface area (Å²) in [5.74, 6) is -2.98. The van der Waals surface area contributed by atoms with Gasteiger partial charge in [0.15, 0.2) is 0 Å². The SMILES string of the molecule is O=C(O)C(=O)c1ncc(Br)cn1. The van der Waals surface area contributed by atoms with Crippen LogP contribution in [0.15, 0.2) is 16.9 Å². The summed E-state index contributed by atoms with van der Waals surface area (Å²) in [4.78, 5) is 27.9. The molecule has 0 spiro atoms. The number of halogens is 1. The van der Waals surface area contributed by atoms with E-state index in [9.17, 15) is 9.59 Å². The van der Waals surface area contributed by atoms with E-state index in [-0.39, 0.29) is 5.82 Å². The summed E-state index contributed by atoms with van der Waals surface area (Å²) in [5.41, 5.74) is 0. The average Bonchev–Trinajstić information content (AvgIpc) is 2.04. The van der Waals surface area contributed by atoms with Gasteiger partial charge < -0.3 is 5.11 Å². The van der Waals surface area contributed by atoms with Gasteiger partial charge >= 0.3 is 11.8 Å². The van der Waals surface area contributed by atoms with Crippen molar-refractivity contribution in [2.75, 3.05) is 0 Å². The van der Waals surface area contributed by atoms with Gasteiger partial charge in [-0.15, -0.1) is 0 Å². The van der Waals surface area contributed by atoms with Crippen LogP contribution in [0.4, 0.5) is 0 Å². The maximum atomic E-state index is 10.7. The van der Waals surface area contributed by atoms with Crippen molar-refractivity contribution in [3.05, 3.63) is 22.7 Å². The summed E-state index contributed by atoms with van der Waals surface area (Å²) in [6.07, 6.45) is 2.62. The first kappa shape index (κ1) is 8.79. The molecule has 0 bridgehead atoms. The molecule has 0 amide bonds. The molecule has 1 aromatic rings. The Bertz CT molecular complexity index is 322. The maximum Gasteiger partial charge on any atom is 0.380 e. The number of carbonyl (C=O) groups excluding carboxylic acids is 1. The molecule has 1 aromatic heterocycles. The predicted octanol–water partition coefficient (Wildman–Crippen LogP) is 0.506. The lowest BCUT2D eigenvalue weighted by atomic mass is 10.4. The van der Waals surface area contributed by atoms with Crippen molar-refractivity contribution in [1.82, 2.24) is 9.97 Å². The highest BCUT2D eigenvalue weighted by atomic mass is 79.9. The van der Waals surface area contributed by atoms with Crippen LogP contribution < -0.4 is 0 Å². The fraction of sp³-hybridized carbons (Fsp3) is 0. The Morgan fingerprint density at radius 3 is 2.25 bits per heavy atom. The number of hydrogen-bond acceptors (Lipinski definition) is 4. The first-order valence-electron chi connectivity index (χ1n) is 2.86. The van der Waals surface area contributed by atoms with E-state index in [1.54, 1.807) is 0 Å². The molecular weight excluding hydrogens is 228 g/mol. The molecule has 0 radical (unpaired) electrons. The quantitative estimate of drug-likeness (QED) is 0.592. The third-order valence-corrected chi connectivity index (χ3v) is 1.43. The molecule has 0 saturated carbocycles. The van der Waals surface area contributed by atoms with E-state index in [0.29, 0.717) is 4.47 Å². The minimum atomic E-state index is -1.56. The van der Waals surface area contributed by atoms with Gasteiger partial charge in [0.05, 0.1) is 4.47 Å². The second-order valence-corrected chi connectivity index (χ2v) is 2.77. The van der Waals surface area contributed by atoms with Crippen molar-refractivity contribution in [2.45, 2.75) is 0 Å². The molecule has 5 nitrogen and oxygen atoms in total. The molecule has 0 aliphatic heterocycles. The Balaban J connectivity index is 2.98. The van der Waals surface area contributed by atoms with Gasteiger partial charge in [-0.1, -0.05) is 0 Å². The topological polar surface area (TPSA) is 80.1 Å². The van der Waals surface area contributed by atoms with Crippen LogP contribution in [0.5, 0.6) is 0 Å². The molecule has 1 rings (SSSR count). The molecule has 6 heteroatoms. The van der Waals surface area contributed by atoms with Crippen molar-refractivity contribution < 1.29 is 14.7 Å². The zero-order valence-corrected chi connectivity index (χ0v) is 7.28. The van der Waals surface area contributed by atoms with Crippen molar-refractivity contribution in [3.8, 4) is 0 Å². The van der Waals surface area contributed by atoms with Gasteiger partial charge in [-0.3, -0.25) is 4.79 Å². The molecule has 12 heavy (non-hydrogen) atoms. The molecule has 0 fully saturated rings. The number of aromatic nitrogens is 2. The maximum absolute atomic E-state index is 10.7. The van der Waals surface area contributed by atoms with Gasteiger partial charge in [0, 0.05) is 12.4 Å². The number of nitrogens with zero attached hydrogens (tertiary/aromatic N) is 2. The molecule has 1 heterocycles. The largest absolute Gasteiger partial charge is 0.475 e. The van der Waals surface area contributed by atoms with Gasteiger partial charge in [0.25, 0.3) is 0 Å². The van der Waals surface area contributed by atoms with Crippen LogP contribution in [-0.4, -0.2) is 26.8 Å². The highest BCUT2D eigenvalue weighted by Crippen LogP contribution is 2.04. The number of ketones is 1.